The fourth-order valence-corrected chi connectivity index (χ4v) is 2.80. The van der Waals surface area contributed by atoms with Crippen molar-refractivity contribution in [2.24, 2.45) is 0 Å². The molecule has 0 spiro atoms. The Morgan fingerprint density at radius 2 is 1.75 bits per heavy atom. The van der Waals surface area contributed by atoms with Crippen LogP contribution in [0.3, 0.4) is 0 Å². The van der Waals surface area contributed by atoms with E-state index in [1.54, 1.807) is 0 Å². The lowest BCUT2D eigenvalue weighted by Crippen LogP contribution is -2.49. The normalized spacial score (nSPS) is 13.7. The van der Waals surface area contributed by atoms with E-state index in [0.717, 1.165) is 25.0 Å². The minimum Gasteiger partial charge on any atom is -0.342 e. The highest BCUT2D eigenvalue weighted by Gasteiger charge is 2.73. The summed E-state index contributed by atoms with van der Waals surface area (Å²) in [5.41, 5.74) is 0.730. The molecule has 0 aliphatic carbocycles. The highest BCUT2D eigenvalue weighted by molar-refractivity contribution is 8.00. The number of nitrogens with zero attached hydrogens (tertiary/aromatic N) is 1. The standard InChI is InChI=1S/C14H13F7N2S/c1-2-3-4-11-22-9-6-5-8(7-10(9)23-11)24-14(20,21)12(15,16)13(17,18)19/h5-7H,2-4H2,1H3,(H,22,23). The van der Waals surface area contributed by atoms with Gasteiger partial charge in [0, 0.05) is 11.3 Å². The predicted octanol–water partition coefficient (Wildman–Crippen LogP) is 5.79. The number of imidazole rings is 1. The zero-order valence-electron chi connectivity index (χ0n) is 12.4. The van der Waals surface area contributed by atoms with E-state index in [4.69, 9.17) is 0 Å². The van der Waals surface area contributed by atoms with Gasteiger partial charge >= 0.3 is 17.4 Å². The molecule has 1 N–H and O–H groups in total. The number of benzene rings is 1. The van der Waals surface area contributed by atoms with Crippen LogP contribution in [0.5, 0.6) is 0 Å². The van der Waals surface area contributed by atoms with E-state index in [-0.39, 0.29) is 0 Å². The van der Waals surface area contributed by atoms with Crippen LogP contribution in [0.25, 0.3) is 11.0 Å². The molecule has 1 aromatic carbocycles. The SMILES string of the molecule is CCCCc1nc2ccc(SC(F)(F)C(F)(F)C(F)(F)F)cc2[nH]1. The Kier molecular flexibility index (Phi) is 5.08. The number of fused-ring (bicyclic) bond motifs is 1. The second kappa shape index (κ2) is 6.45. The molecule has 0 aliphatic heterocycles. The number of alkyl halides is 7. The Labute approximate surface area is 136 Å². The first-order chi connectivity index (χ1) is 11.0. The minimum absolute atomic E-state index is 0.303. The molecule has 10 heteroatoms. The number of nitrogens with one attached hydrogen (secondary N) is 1. The van der Waals surface area contributed by atoms with E-state index in [9.17, 15) is 30.7 Å². The fourth-order valence-electron chi connectivity index (χ4n) is 1.94. The van der Waals surface area contributed by atoms with Crippen molar-refractivity contribution in [2.75, 3.05) is 0 Å². The van der Waals surface area contributed by atoms with Crippen LogP contribution in [0, 0.1) is 0 Å². The molecule has 0 saturated carbocycles. The first kappa shape index (κ1) is 18.9. The van der Waals surface area contributed by atoms with Gasteiger partial charge in [0.25, 0.3) is 0 Å². The number of rotatable bonds is 6. The third kappa shape index (κ3) is 3.62. The fraction of sp³-hybridized carbons (Fsp3) is 0.500. The topological polar surface area (TPSA) is 28.7 Å². The molecule has 1 heterocycles. The van der Waals surface area contributed by atoms with E-state index >= 15 is 0 Å². The molecule has 0 atom stereocenters. The monoisotopic (exact) mass is 374 g/mol. The van der Waals surface area contributed by atoms with Crippen molar-refractivity contribution >= 4 is 22.8 Å². The van der Waals surface area contributed by atoms with Crippen molar-refractivity contribution in [1.82, 2.24) is 9.97 Å². The van der Waals surface area contributed by atoms with Gasteiger partial charge in [-0.2, -0.15) is 30.7 Å². The Hall–Kier alpha value is -1.45. The number of hydrogen-bond donors (Lipinski definition) is 1. The summed E-state index contributed by atoms with van der Waals surface area (Å²) in [4.78, 5) is 6.63. The third-order valence-electron chi connectivity index (χ3n) is 3.24. The van der Waals surface area contributed by atoms with Crippen LogP contribution < -0.4 is 0 Å². The van der Waals surface area contributed by atoms with Gasteiger partial charge in [0.05, 0.1) is 11.0 Å². The van der Waals surface area contributed by atoms with Crippen LogP contribution in [0.1, 0.15) is 25.6 Å². The van der Waals surface area contributed by atoms with Crippen LogP contribution >= 0.6 is 11.8 Å². The van der Waals surface area contributed by atoms with E-state index in [1.165, 1.54) is 6.07 Å². The molecule has 134 valence electrons. The molecule has 2 aromatic rings. The summed E-state index contributed by atoms with van der Waals surface area (Å²) in [6, 6.07) is 3.42. The molecule has 0 aliphatic rings. The number of aromatic nitrogens is 2. The zero-order chi connectivity index (χ0) is 18.2. The average molecular weight is 374 g/mol. The summed E-state index contributed by atoms with van der Waals surface area (Å²) < 4.78 is 89.2. The Balaban J connectivity index is 2.26. The number of aromatic amines is 1. The molecule has 2 nitrogen and oxygen atoms in total. The summed E-state index contributed by atoms with van der Waals surface area (Å²) in [6.07, 6.45) is -3.96. The average Bonchev–Trinajstić information content (AvgIpc) is 2.85. The number of aryl methyl sites for hydroxylation is 1. The number of thioether (sulfide) groups is 1. The van der Waals surface area contributed by atoms with Crippen molar-refractivity contribution in [3.05, 3.63) is 24.0 Å². The van der Waals surface area contributed by atoms with E-state index in [2.05, 4.69) is 9.97 Å². The zero-order valence-corrected chi connectivity index (χ0v) is 13.2. The maximum Gasteiger partial charge on any atom is 0.460 e. The molecule has 24 heavy (non-hydrogen) atoms. The van der Waals surface area contributed by atoms with Gasteiger partial charge in [0.2, 0.25) is 0 Å². The molecular weight excluding hydrogens is 361 g/mol. The number of unbranched alkanes of at least 4 members (excludes halogenated alkanes) is 1. The Bertz CT molecular complexity index is 709. The minimum atomic E-state index is -6.34. The van der Waals surface area contributed by atoms with Gasteiger partial charge < -0.3 is 4.98 Å². The molecule has 0 unspecified atom stereocenters. The largest absolute Gasteiger partial charge is 0.460 e. The predicted molar refractivity (Wildman–Crippen MR) is 76.5 cm³/mol. The molecule has 0 bridgehead atoms. The molecule has 0 amide bonds. The Morgan fingerprint density at radius 1 is 1.08 bits per heavy atom. The summed E-state index contributed by atoms with van der Waals surface area (Å²) in [5.74, 6) is -5.54. The molecule has 2 rings (SSSR count). The van der Waals surface area contributed by atoms with Crippen LogP contribution in [-0.2, 0) is 6.42 Å². The van der Waals surface area contributed by atoms with Crippen LogP contribution in [0.4, 0.5) is 30.7 Å². The molecular formula is C14H13F7N2S. The van der Waals surface area contributed by atoms with Gasteiger partial charge in [-0.15, -0.1) is 0 Å². The molecule has 1 aromatic heterocycles. The lowest BCUT2D eigenvalue weighted by Gasteiger charge is -2.27. The third-order valence-corrected chi connectivity index (χ3v) is 4.24. The highest BCUT2D eigenvalue weighted by Crippen LogP contribution is 2.53. The van der Waals surface area contributed by atoms with Gasteiger partial charge in [0.15, 0.2) is 0 Å². The van der Waals surface area contributed by atoms with Crippen LogP contribution in [0.2, 0.25) is 0 Å². The second-order valence-electron chi connectivity index (χ2n) is 5.16. The number of H-pyrrole nitrogens is 1. The first-order valence-corrected chi connectivity index (χ1v) is 7.79. The van der Waals surface area contributed by atoms with Crippen molar-refractivity contribution < 1.29 is 30.7 Å². The lowest BCUT2D eigenvalue weighted by atomic mass is 10.2. The summed E-state index contributed by atoms with van der Waals surface area (Å²) in [6.45, 7) is 1.97. The van der Waals surface area contributed by atoms with Crippen LogP contribution in [-0.4, -0.2) is 27.3 Å². The van der Waals surface area contributed by atoms with Crippen molar-refractivity contribution in [3.8, 4) is 0 Å². The van der Waals surface area contributed by atoms with Gasteiger partial charge in [-0.25, -0.2) is 4.98 Å². The van der Waals surface area contributed by atoms with Gasteiger partial charge in [-0.1, -0.05) is 13.3 Å². The van der Waals surface area contributed by atoms with Crippen molar-refractivity contribution in [3.63, 3.8) is 0 Å². The smallest absolute Gasteiger partial charge is 0.342 e. The van der Waals surface area contributed by atoms with Crippen molar-refractivity contribution in [2.45, 2.75) is 48.4 Å². The maximum absolute atomic E-state index is 13.4. The molecule has 0 saturated heterocycles. The van der Waals surface area contributed by atoms with Gasteiger partial charge in [-0.05, 0) is 36.4 Å². The van der Waals surface area contributed by atoms with Crippen molar-refractivity contribution in [1.29, 1.82) is 0 Å². The lowest BCUT2D eigenvalue weighted by molar-refractivity contribution is -0.330. The van der Waals surface area contributed by atoms with E-state index in [0.29, 0.717) is 23.3 Å². The molecule has 0 fully saturated rings. The summed E-state index contributed by atoms with van der Waals surface area (Å²) in [5, 5.41) is -5.33. The quantitative estimate of drug-likeness (QED) is 0.512. The number of hydrogen-bond acceptors (Lipinski definition) is 2. The van der Waals surface area contributed by atoms with E-state index < -0.39 is 34.0 Å². The Morgan fingerprint density at radius 3 is 2.33 bits per heavy atom. The first-order valence-electron chi connectivity index (χ1n) is 6.98. The van der Waals surface area contributed by atoms with Gasteiger partial charge in [0.1, 0.15) is 5.82 Å². The summed E-state index contributed by atoms with van der Waals surface area (Å²) in [7, 11) is 0. The van der Waals surface area contributed by atoms with E-state index in [1.807, 2.05) is 6.92 Å². The van der Waals surface area contributed by atoms with Crippen LogP contribution in [0.15, 0.2) is 23.1 Å². The number of halogens is 7. The highest BCUT2D eigenvalue weighted by atomic mass is 32.2. The summed E-state index contributed by atoms with van der Waals surface area (Å²) >= 11 is -0.829. The maximum atomic E-state index is 13.4. The second-order valence-corrected chi connectivity index (χ2v) is 6.35. The van der Waals surface area contributed by atoms with Gasteiger partial charge in [-0.3, -0.25) is 0 Å². The molecule has 0 radical (unpaired) electrons.